The summed E-state index contributed by atoms with van der Waals surface area (Å²) >= 11 is 0. The molecule has 0 aliphatic carbocycles. The molecule has 0 saturated carbocycles. The van der Waals surface area contributed by atoms with Crippen molar-refractivity contribution in [3.63, 3.8) is 0 Å². The topological polar surface area (TPSA) is 46.9 Å². The first-order valence-electron chi connectivity index (χ1n) is 4.89. The summed E-state index contributed by atoms with van der Waals surface area (Å²) < 4.78 is 1.79. The van der Waals surface area contributed by atoms with Crippen molar-refractivity contribution in [3.8, 4) is 0 Å². The largest absolute Gasteiger partial charge is 0.350 e. The average Bonchev–Trinajstić information content (AvgIpc) is 2.42. The van der Waals surface area contributed by atoms with Gasteiger partial charge in [0, 0.05) is 13.5 Å². The number of nitrogens with zero attached hydrogens (tertiary/aromatic N) is 2. The Morgan fingerprint density at radius 3 is 2.86 bits per heavy atom. The van der Waals surface area contributed by atoms with Gasteiger partial charge < -0.3 is 5.32 Å². The molecule has 1 amide bonds. The number of amides is 1. The summed E-state index contributed by atoms with van der Waals surface area (Å²) in [5.74, 6) is 0.103. The van der Waals surface area contributed by atoms with Gasteiger partial charge in [0.2, 0.25) is 5.91 Å². The minimum atomic E-state index is 0.103. The number of hydrogen-bond donors (Lipinski definition) is 1. The zero-order valence-corrected chi connectivity index (χ0v) is 9.00. The molecule has 0 spiro atoms. The van der Waals surface area contributed by atoms with Crippen molar-refractivity contribution < 1.29 is 4.79 Å². The van der Waals surface area contributed by atoms with Crippen molar-refractivity contribution in [1.82, 2.24) is 15.1 Å². The van der Waals surface area contributed by atoms with Crippen LogP contribution in [-0.2, 0) is 18.4 Å². The van der Waals surface area contributed by atoms with Crippen LogP contribution in [0.15, 0.2) is 6.07 Å². The molecule has 1 N–H and O–H groups in total. The summed E-state index contributed by atoms with van der Waals surface area (Å²) in [4.78, 5) is 11.2. The van der Waals surface area contributed by atoms with E-state index in [-0.39, 0.29) is 5.91 Å². The van der Waals surface area contributed by atoms with Crippen molar-refractivity contribution in [2.24, 2.45) is 7.05 Å². The van der Waals surface area contributed by atoms with Gasteiger partial charge in [0.25, 0.3) is 0 Å². The highest BCUT2D eigenvalue weighted by molar-refractivity contribution is 5.75. The predicted octanol–water partition coefficient (Wildman–Crippen LogP) is 1.14. The second-order valence-electron chi connectivity index (χ2n) is 3.43. The Hall–Kier alpha value is -1.32. The van der Waals surface area contributed by atoms with Crippen LogP contribution in [0.5, 0.6) is 0 Å². The average molecular weight is 195 g/mol. The van der Waals surface area contributed by atoms with Gasteiger partial charge in [-0.25, -0.2) is 0 Å². The third-order valence-corrected chi connectivity index (χ3v) is 2.04. The third-order valence-electron chi connectivity index (χ3n) is 2.04. The van der Waals surface area contributed by atoms with E-state index in [0.717, 1.165) is 17.8 Å². The van der Waals surface area contributed by atoms with Crippen molar-refractivity contribution in [1.29, 1.82) is 0 Å². The monoisotopic (exact) mass is 195 g/mol. The summed E-state index contributed by atoms with van der Waals surface area (Å²) in [6, 6.07) is 1.98. The molecule has 0 fully saturated rings. The molecular formula is C10H17N3O. The standard InChI is InChI=1S/C10H17N3O/c1-4-5-10(14)11-7-9-6-8(2)12-13(9)3/h6H,4-5,7H2,1-3H3,(H,11,14). The molecule has 14 heavy (non-hydrogen) atoms. The fraction of sp³-hybridized carbons (Fsp3) is 0.600. The van der Waals surface area contributed by atoms with Crippen LogP contribution in [-0.4, -0.2) is 15.7 Å². The maximum absolute atomic E-state index is 11.2. The van der Waals surface area contributed by atoms with E-state index in [4.69, 9.17) is 0 Å². The van der Waals surface area contributed by atoms with Crippen LogP contribution in [0.3, 0.4) is 0 Å². The van der Waals surface area contributed by atoms with E-state index in [1.165, 1.54) is 0 Å². The first-order valence-corrected chi connectivity index (χ1v) is 4.89. The molecule has 0 bridgehead atoms. The minimum absolute atomic E-state index is 0.103. The van der Waals surface area contributed by atoms with E-state index >= 15 is 0 Å². The molecule has 4 heteroatoms. The van der Waals surface area contributed by atoms with Crippen LogP contribution in [0, 0.1) is 6.92 Å². The molecule has 0 aliphatic rings. The fourth-order valence-electron chi connectivity index (χ4n) is 1.33. The maximum atomic E-state index is 11.2. The van der Waals surface area contributed by atoms with Crippen LogP contribution in [0.4, 0.5) is 0 Å². The van der Waals surface area contributed by atoms with E-state index in [1.807, 2.05) is 27.0 Å². The molecule has 1 aromatic heterocycles. The Kier molecular flexibility index (Phi) is 3.68. The lowest BCUT2D eigenvalue weighted by atomic mass is 10.3. The molecule has 1 rings (SSSR count). The predicted molar refractivity (Wildman–Crippen MR) is 54.7 cm³/mol. The lowest BCUT2D eigenvalue weighted by Crippen LogP contribution is -2.23. The van der Waals surface area contributed by atoms with Crippen molar-refractivity contribution in [3.05, 3.63) is 17.5 Å². The number of rotatable bonds is 4. The fourth-order valence-corrected chi connectivity index (χ4v) is 1.33. The maximum Gasteiger partial charge on any atom is 0.220 e. The first kappa shape index (κ1) is 10.8. The molecular weight excluding hydrogens is 178 g/mol. The van der Waals surface area contributed by atoms with E-state index in [9.17, 15) is 4.79 Å². The quantitative estimate of drug-likeness (QED) is 0.783. The number of aryl methyl sites for hydroxylation is 2. The van der Waals surface area contributed by atoms with Crippen molar-refractivity contribution in [2.45, 2.75) is 33.2 Å². The molecule has 0 atom stereocenters. The Bertz CT molecular complexity index is 317. The number of aromatic nitrogens is 2. The summed E-state index contributed by atoms with van der Waals surface area (Å²) in [6.07, 6.45) is 1.48. The van der Waals surface area contributed by atoms with E-state index in [0.29, 0.717) is 13.0 Å². The van der Waals surface area contributed by atoms with Crippen LogP contribution >= 0.6 is 0 Å². The number of carbonyl (C=O) groups is 1. The van der Waals surface area contributed by atoms with E-state index in [2.05, 4.69) is 10.4 Å². The van der Waals surface area contributed by atoms with E-state index in [1.54, 1.807) is 4.68 Å². The first-order chi connectivity index (χ1) is 6.63. The lowest BCUT2D eigenvalue weighted by Gasteiger charge is -2.03. The van der Waals surface area contributed by atoms with Gasteiger partial charge >= 0.3 is 0 Å². The summed E-state index contributed by atoms with van der Waals surface area (Å²) in [5, 5.41) is 7.05. The molecule has 4 nitrogen and oxygen atoms in total. The highest BCUT2D eigenvalue weighted by Gasteiger charge is 2.03. The van der Waals surface area contributed by atoms with Crippen LogP contribution in [0.1, 0.15) is 31.2 Å². The molecule has 0 radical (unpaired) electrons. The molecule has 0 aromatic carbocycles. The second-order valence-corrected chi connectivity index (χ2v) is 3.43. The van der Waals surface area contributed by atoms with Gasteiger partial charge in [0.15, 0.2) is 0 Å². The van der Waals surface area contributed by atoms with Crippen LogP contribution < -0.4 is 5.32 Å². The molecule has 1 heterocycles. The number of nitrogens with one attached hydrogen (secondary N) is 1. The molecule has 0 saturated heterocycles. The molecule has 0 unspecified atom stereocenters. The van der Waals surface area contributed by atoms with Crippen LogP contribution in [0.25, 0.3) is 0 Å². The second kappa shape index (κ2) is 4.79. The molecule has 0 aliphatic heterocycles. The van der Waals surface area contributed by atoms with Gasteiger partial charge in [0.1, 0.15) is 0 Å². The smallest absolute Gasteiger partial charge is 0.220 e. The summed E-state index contributed by atoms with van der Waals surface area (Å²) in [7, 11) is 1.88. The molecule has 78 valence electrons. The van der Waals surface area contributed by atoms with Gasteiger partial charge in [0.05, 0.1) is 17.9 Å². The zero-order chi connectivity index (χ0) is 10.6. The summed E-state index contributed by atoms with van der Waals surface area (Å²) in [6.45, 7) is 4.50. The third kappa shape index (κ3) is 2.87. The van der Waals surface area contributed by atoms with Gasteiger partial charge in [-0.2, -0.15) is 5.10 Å². The van der Waals surface area contributed by atoms with Gasteiger partial charge in [-0.3, -0.25) is 9.48 Å². The van der Waals surface area contributed by atoms with E-state index < -0.39 is 0 Å². The Balaban J connectivity index is 2.45. The Labute approximate surface area is 84.3 Å². The van der Waals surface area contributed by atoms with Gasteiger partial charge in [-0.05, 0) is 19.4 Å². The van der Waals surface area contributed by atoms with Gasteiger partial charge in [-0.1, -0.05) is 6.92 Å². The van der Waals surface area contributed by atoms with Crippen molar-refractivity contribution in [2.75, 3.05) is 0 Å². The normalized spacial score (nSPS) is 10.2. The Morgan fingerprint density at radius 2 is 2.36 bits per heavy atom. The Morgan fingerprint density at radius 1 is 1.64 bits per heavy atom. The number of hydrogen-bond acceptors (Lipinski definition) is 2. The van der Waals surface area contributed by atoms with Gasteiger partial charge in [-0.15, -0.1) is 0 Å². The molecule has 1 aromatic rings. The van der Waals surface area contributed by atoms with Crippen LogP contribution in [0.2, 0.25) is 0 Å². The SMILES string of the molecule is CCCC(=O)NCc1cc(C)nn1C. The number of carbonyl (C=O) groups excluding carboxylic acids is 1. The highest BCUT2D eigenvalue weighted by Crippen LogP contribution is 2.01. The zero-order valence-electron chi connectivity index (χ0n) is 9.00. The summed E-state index contributed by atoms with van der Waals surface area (Å²) in [5.41, 5.74) is 2.01. The highest BCUT2D eigenvalue weighted by atomic mass is 16.1. The van der Waals surface area contributed by atoms with Crippen molar-refractivity contribution >= 4 is 5.91 Å². The minimum Gasteiger partial charge on any atom is -0.350 e. The lowest BCUT2D eigenvalue weighted by molar-refractivity contribution is -0.121.